The molecule has 2 rings (SSSR count). The molecule has 0 aliphatic rings. The fourth-order valence-corrected chi connectivity index (χ4v) is 2.25. The Labute approximate surface area is 119 Å². The normalized spacial score (nSPS) is 10.4. The van der Waals surface area contributed by atoms with Crippen LogP contribution in [0, 0.1) is 0 Å². The van der Waals surface area contributed by atoms with Gasteiger partial charge in [0.1, 0.15) is 5.69 Å². The Morgan fingerprint density at radius 3 is 2.58 bits per heavy atom. The minimum absolute atomic E-state index is 0.000995. The van der Waals surface area contributed by atoms with Crippen LogP contribution in [-0.4, -0.2) is 16.1 Å². The Bertz CT molecular complexity index is 604. The maximum absolute atomic E-state index is 10.7. The fourth-order valence-electron chi connectivity index (χ4n) is 1.67. The number of halogens is 2. The van der Waals surface area contributed by atoms with Gasteiger partial charge in [-0.05, 0) is 29.3 Å². The third kappa shape index (κ3) is 3.16. The van der Waals surface area contributed by atoms with Gasteiger partial charge >= 0.3 is 5.97 Å². The topological polar surface area (TPSA) is 76.2 Å². The molecule has 0 radical (unpaired) electrons. The Balaban J connectivity index is 2.29. The molecule has 6 heteroatoms. The number of rotatable bonds is 3. The SMILES string of the molecule is Nc1cc(Cl)cc(Cl)c1Cc1ccc(C(=O)O)nc1. The van der Waals surface area contributed by atoms with Gasteiger partial charge in [-0.1, -0.05) is 29.3 Å². The van der Waals surface area contributed by atoms with Crippen LogP contribution in [-0.2, 0) is 6.42 Å². The van der Waals surface area contributed by atoms with Gasteiger partial charge in [0.25, 0.3) is 0 Å². The Morgan fingerprint density at radius 1 is 1.32 bits per heavy atom. The highest BCUT2D eigenvalue weighted by molar-refractivity contribution is 6.35. The van der Waals surface area contributed by atoms with Gasteiger partial charge in [0, 0.05) is 28.4 Å². The van der Waals surface area contributed by atoms with E-state index in [9.17, 15) is 4.79 Å². The van der Waals surface area contributed by atoms with Gasteiger partial charge in [0.15, 0.2) is 0 Å². The number of carbonyl (C=O) groups is 1. The molecule has 3 N–H and O–H groups in total. The van der Waals surface area contributed by atoms with Crippen molar-refractivity contribution in [2.75, 3.05) is 5.73 Å². The lowest BCUT2D eigenvalue weighted by atomic mass is 10.0. The third-order valence-electron chi connectivity index (χ3n) is 2.62. The molecule has 0 bridgehead atoms. The third-order valence-corrected chi connectivity index (χ3v) is 3.17. The van der Waals surface area contributed by atoms with Crippen LogP contribution >= 0.6 is 23.2 Å². The monoisotopic (exact) mass is 296 g/mol. The minimum atomic E-state index is -1.06. The van der Waals surface area contributed by atoms with Crippen molar-refractivity contribution in [3.05, 3.63) is 57.3 Å². The molecule has 0 aliphatic carbocycles. The number of carboxylic acids is 1. The van der Waals surface area contributed by atoms with Crippen LogP contribution in [0.3, 0.4) is 0 Å². The van der Waals surface area contributed by atoms with Crippen molar-refractivity contribution in [3.8, 4) is 0 Å². The van der Waals surface area contributed by atoms with Crippen molar-refractivity contribution in [2.45, 2.75) is 6.42 Å². The summed E-state index contributed by atoms with van der Waals surface area (Å²) in [6.45, 7) is 0. The van der Waals surface area contributed by atoms with Crippen LogP contribution in [0.4, 0.5) is 5.69 Å². The predicted octanol–water partition coefficient (Wildman–Crippen LogP) is 3.26. The van der Waals surface area contributed by atoms with E-state index < -0.39 is 5.97 Å². The molecule has 1 heterocycles. The molecule has 1 aromatic carbocycles. The van der Waals surface area contributed by atoms with Gasteiger partial charge in [0.2, 0.25) is 0 Å². The van der Waals surface area contributed by atoms with E-state index >= 15 is 0 Å². The van der Waals surface area contributed by atoms with Crippen molar-refractivity contribution >= 4 is 34.9 Å². The van der Waals surface area contributed by atoms with E-state index in [-0.39, 0.29) is 5.69 Å². The van der Waals surface area contributed by atoms with Crippen LogP contribution in [0.15, 0.2) is 30.5 Å². The Morgan fingerprint density at radius 2 is 2.05 bits per heavy atom. The number of aromatic carboxylic acids is 1. The van der Waals surface area contributed by atoms with E-state index in [2.05, 4.69) is 4.98 Å². The standard InChI is InChI=1S/C13H10Cl2N2O2/c14-8-4-10(15)9(11(16)5-8)3-7-1-2-12(13(18)19)17-6-7/h1-2,4-6H,3,16H2,(H,18,19). The lowest BCUT2D eigenvalue weighted by molar-refractivity contribution is 0.0690. The first-order valence-corrected chi connectivity index (χ1v) is 6.14. The zero-order valence-corrected chi connectivity index (χ0v) is 11.2. The minimum Gasteiger partial charge on any atom is -0.477 e. The molecule has 2 aromatic rings. The van der Waals surface area contributed by atoms with Crippen LogP contribution < -0.4 is 5.73 Å². The lowest BCUT2D eigenvalue weighted by Crippen LogP contribution is -2.02. The van der Waals surface area contributed by atoms with Crippen molar-refractivity contribution in [3.63, 3.8) is 0 Å². The molecule has 0 spiro atoms. The molecule has 0 saturated carbocycles. The van der Waals surface area contributed by atoms with Crippen molar-refractivity contribution in [2.24, 2.45) is 0 Å². The quantitative estimate of drug-likeness (QED) is 0.853. The summed E-state index contributed by atoms with van der Waals surface area (Å²) in [7, 11) is 0. The van der Waals surface area contributed by atoms with Crippen molar-refractivity contribution in [1.82, 2.24) is 4.98 Å². The molecular formula is C13H10Cl2N2O2. The molecule has 4 nitrogen and oxygen atoms in total. The number of carboxylic acid groups (broad SMARTS) is 1. The fraction of sp³-hybridized carbons (Fsp3) is 0.0769. The maximum atomic E-state index is 10.7. The summed E-state index contributed by atoms with van der Waals surface area (Å²) in [6, 6.07) is 6.37. The first-order valence-electron chi connectivity index (χ1n) is 5.39. The molecule has 0 saturated heterocycles. The number of aromatic nitrogens is 1. The number of hydrogen-bond acceptors (Lipinski definition) is 3. The highest BCUT2D eigenvalue weighted by Gasteiger charge is 2.09. The number of nitrogen functional groups attached to an aromatic ring is 1. The van der Waals surface area contributed by atoms with E-state index in [1.54, 1.807) is 18.2 Å². The molecule has 0 amide bonds. The lowest BCUT2D eigenvalue weighted by Gasteiger charge is -2.09. The number of anilines is 1. The molecule has 0 atom stereocenters. The Hall–Kier alpha value is -1.78. The molecular weight excluding hydrogens is 287 g/mol. The summed E-state index contributed by atoms with van der Waals surface area (Å²) in [5.74, 6) is -1.06. The largest absolute Gasteiger partial charge is 0.477 e. The van der Waals surface area contributed by atoms with E-state index in [1.165, 1.54) is 12.3 Å². The van der Waals surface area contributed by atoms with Crippen molar-refractivity contribution in [1.29, 1.82) is 0 Å². The van der Waals surface area contributed by atoms with Crippen LogP contribution in [0.2, 0.25) is 10.0 Å². The summed E-state index contributed by atoms with van der Waals surface area (Å²) in [5.41, 5.74) is 7.93. The van der Waals surface area contributed by atoms with Crippen molar-refractivity contribution < 1.29 is 9.90 Å². The van der Waals surface area contributed by atoms with E-state index in [4.69, 9.17) is 34.0 Å². The molecule has 98 valence electrons. The van der Waals surface area contributed by atoms with Gasteiger partial charge in [-0.3, -0.25) is 0 Å². The number of nitrogens with two attached hydrogens (primary N) is 1. The second-order valence-electron chi connectivity index (χ2n) is 3.99. The van der Waals surface area contributed by atoms with Gasteiger partial charge in [-0.25, -0.2) is 9.78 Å². The number of benzene rings is 1. The summed E-state index contributed by atoms with van der Waals surface area (Å²) < 4.78 is 0. The summed E-state index contributed by atoms with van der Waals surface area (Å²) in [5, 5.41) is 9.72. The molecule has 1 aromatic heterocycles. The first kappa shape index (κ1) is 13.6. The molecule has 0 aliphatic heterocycles. The Kier molecular flexibility index (Phi) is 3.93. The van der Waals surface area contributed by atoms with Gasteiger partial charge < -0.3 is 10.8 Å². The first-order chi connectivity index (χ1) is 8.97. The smallest absolute Gasteiger partial charge is 0.354 e. The number of pyridine rings is 1. The second-order valence-corrected chi connectivity index (χ2v) is 4.83. The zero-order valence-electron chi connectivity index (χ0n) is 9.73. The average Bonchev–Trinajstić information content (AvgIpc) is 2.34. The van der Waals surface area contributed by atoms with Gasteiger partial charge in [-0.15, -0.1) is 0 Å². The molecule has 0 fully saturated rings. The van der Waals surface area contributed by atoms with Crippen LogP contribution in [0.25, 0.3) is 0 Å². The molecule has 0 unspecified atom stereocenters. The summed E-state index contributed by atoms with van der Waals surface area (Å²) in [6.07, 6.45) is 1.96. The van der Waals surface area contributed by atoms with E-state index in [0.29, 0.717) is 22.2 Å². The van der Waals surface area contributed by atoms with Gasteiger partial charge in [-0.2, -0.15) is 0 Å². The zero-order chi connectivity index (χ0) is 14.0. The second kappa shape index (κ2) is 5.47. The van der Waals surface area contributed by atoms with E-state index in [1.807, 2.05) is 0 Å². The summed E-state index contributed by atoms with van der Waals surface area (Å²) in [4.78, 5) is 14.5. The maximum Gasteiger partial charge on any atom is 0.354 e. The van der Waals surface area contributed by atoms with Crippen LogP contribution in [0.5, 0.6) is 0 Å². The van der Waals surface area contributed by atoms with E-state index in [0.717, 1.165) is 11.1 Å². The van der Waals surface area contributed by atoms with Gasteiger partial charge in [0.05, 0.1) is 0 Å². The number of hydrogen-bond donors (Lipinski definition) is 2. The predicted molar refractivity (Wildman–Crippen MR) is 74.9 cm³/mol. The average molecular weight is 297 g/mol. The highest BCUT2D eigenvalue weighted by Crippen LogP contribution is 2.29. The summed E-state index contributed by atoms with van der Waals surface area (Å²) >= 11 is 11.9. The number of nitrogens with zero attached hydrogens (tertiary/aromatic N) is 1. The highest BCUT2D eigenvalue weighted by atomic mass is 35.5. The van der Waals surface area contributed by atoms with Crippen LogP contribution in [0.1, 0.15) is 21.6 Å². The molecule has 19 heavy (non-hydrogen) atoms.